The van der Waals surface area contributed by atoms with Gasteiger partial charge in [0.25, 0.3) is 0 Å². The second-order valence-electron chi connectivity index (χ2n) is 9.93. The van der Waals surface area contributed by atoms with Crippen LogP contribution in [0.15, 0.2) is 18.2 Å². The normalized spacial score (nSPS) is 17.1. The van der Waals surface area contributed by atoms with Gasteiger partial charge in [-0.25, -0.2) is 4.79 Å². The van der Waals surface area contributed by atoms with Crippen LogP contribution in [-0.2, 0) is 21.4 Å². The van der Waals surface area contributed by atoms with Crippen molar-refractivity contribution < 1.29 is 19.1 Å². The summed E-state index contributed by atoms with van der Waals surface area (Å²) in [5, 5.41) is 7.95. The van der Waals surface area contributed by atoms with Crippen LogP contribution in [0.2, 0.25) is 0 Å². The number of hydrogen-bond donors (Lipinski definition) is 1. The molecule has 1 saturated carbocycles. The molecular weight excluding hydrogens is 468 g/mol. The number of ether oxygens (including phenoxy) is 1. The van der Waals surface area contributed by atoms with E-state index < -0.39 is 0 Å². The number of aryl methyl sites for hydroxylation is 1. The quantitative estimate of drug-likeness (QED) is 0.449. The number of likely N-dealkylation sites (tertiary alicyclic amines) is 1. The Bertz CT molecular complexity index is 1160. The largest absolute Gasteiger partial charge is 0.450 e. The number of carbonyl (C=O) groups is 3. The first-order chi connectivity index (χ1) is 17.8. The van der Waals surface area contributed by atoms with Crippen molar-refractivity contribution in [2.75, 3.05) is 19.7 Å². The van der Waals surface area contributed by atoms with Gasteiger partial charge in [0, 0.05) is 49.3 Å². The van der Waals surface area contributed by atoms with Gasteiger partial charge in [0.05, 0.1) is 17.8 Å². The maximum Gasteiger partial charge on any atom is 0.409 e. The minimum atomic E-state index is -0.271. The van der Waals surface area contributed by atoms with E-state index in [4.69, 9.17) is 9.84 Å². The van der Waals surface area contributed by atoms with E-state index >= 15 is 0 Å². The molecule has 1 atom stereocenters. The molecule has 1 N–H and O–H groups in total. The predicted molar refractivity (Wildman–Crippen MR) is 144 cm³/mol. The summed E-state index contributed by atoms with van der Waals surface area (Å²) in [5.41, 5.74) is 3.29. The topological polar surface area (TPSA) is 93.5 Å². The number of benzene rings is 1. The number of hydrogen-bond acceptors (Lipinski definition) is 5. The Morgan fingerprint density at radius 2 is 1.97 bits per heavy atom. The summed E-state index contributed by atoms with van der Waals surface area (Å²) in [6, 6.07) is 6.19. The second kappa shape index (κ2) is 12.8. The fraction of sp³-hybridized carbons (Fsp3) is 0.586. The van der Waals surface area contributed by atoms with Gasteiger partial charge >= 0.3 is 6.09 Å². The van der Waals surface area contributed by atoms with Crippen molar-refractivity contribution in [3.63, 3.8) is 0 Å². The molecule has 1 aromatic heterocycles. The third-order valence-electron chi connectivity index (χ3n) is 7.50. The highest BCUT2D eigenvalue weighted by Gasteiger charge is 2.45. The summed E-state index contributed by atoms with van der Waals surface area (Å²) in [4.78, 5) is 35.8. The highest BCUT2D eigenvalue weighted by atomic mass is 16.6. The molecule has 8 heteroatoms. The minimum Gasteiger partial charge on any atom is -0.450 e. The second-order valence-corrected chi connectivity index (χ2v) is 9.93. The molecule has 2 aliphatic rings. The van der Waals surface area contributed by atoms with Crippen molar-refractivity contribution in [3.8, 4) is 11.8 Å². The molecule has 1 unspecified atom stereocenters. The zero-order chi connectivity index (χ0) is 27.0. The van der Waals surface area contributed by atoms with Crippen LogP contribution in [0, 0.1) is 23.2 Å². The Kier molecular flexibility index (Phi) is 9.73. The van der Waals surface area contributed by atoms with Crippen LogP contribution in [0.5, 0.6) is 0 Å². The lowest BCUT2D eigenvalue weighted by Crippen LogP contribution is -2.48. The van der Waals surface area contributed by atoms with Crippen LogP contribution in [-0.4, -0.2) is 52.8 Å². The fourth-order valence-electron chi connectivity index (χ4n) is 5.41. The van der Waals surface area contributed by atoms with E-state index in [1.807, 2.05) is 50.4 Å². The third kappa shape index (κ3) is 6.71. The number of rotatable bonds is 6. The Morgan fingerprint density at radius 3 is 2.62 bits per heavy atom. The van der Waals surface area contributed by atoms with Crippen molar-refractivity contribution in [2.45, 2.75) is 72.1 Å². The van der Waals surface area contributed by atoms with Gasteiger partial charge in [-0.2, -0.15) is 5.10 Å². The van der Waals surface area contributed by atoms with Gasteiger partial charge < -0.3 is 9.64 Å². The molecule has 2 aromatic rings. The molecule has 200 valence electrons. The highest BCUT2D eigenvalue weighted by Crippen LogP contribution is 2.52. The van der Waals surface area contributed by atoms with Crippen molar-refractivity contribution in [2.24, 2.45) is 18.4 Å². The summed E-state index contributed by atoms with van der Waals surface area (Å²) in [6.45, 7) is 9.86. The zero-order valence-electron chi connectivity index (χ0n) is 22.8. The van der Waals surface area contributed by atoms with Crippen molar-refractivity contribution in [3.05, 3.63) is 29.5 Å². The van der Waals surface area contributed by atoms with Crippen LogP contribution in [0.4, 0.5) is 4.79 Å². The van der Waals surface area contributed by atoms with Crippen LogP contribution >= 0.6 is 0 Å². The van der Waals surface area contributed by atoms with E-state index in [0.29, 0.717) is 30.8 Å². The average molecular weight is 509 g/mol. The van der Waals surface area contributed by atoms with Gasteiger partial charge in [-0.1, -0.05) is 32.6 Å². The van der Waals surface area contributed by atoms with Crippen molar-refractivity contribution in [1.82, 2.24) is 20.0 Å². The number of fused-ring (bicyclic) bond motifs is 1. The number of nitrogens with zero attached hydrogens (tertiary/aromatic N) is 3. The summed E-state index contributed by atoms with van der Waals surface area (Å²) < 4.78 is 6.99. The lowest BCUT2D eigenvalue weighted by Gasteiger charge is -2.50. The van der Waals surface area contributed by atoms with E-state index in [1.165, 1.54) is 0 Å². The van der Waals surface area contributed by atoms with Gasteiger partial charge in [-0.3, -0.25) is 19.6 Å². The van der Waals surface area contributed by atoms with Crippen LogP contribution < -0.4 is 5.32 Å². The van der Waals surface area contributed by atoms with Gasteiger partial charge in [-0.05, 0) is 62.6 Å². The molecule has 1 aliphatic heterocycles. The maximum atomic E-state index is 11.9. The highest BCUT2D eigenvalue weighted by molar-refractivity contribution is 5.86. The van der Waals surface area contributed by atoms with Gasteiger partial charge in [0.1, 0.15) is 0 Å². The first-order valence-corrected chi connectivity index (χ1v) is 13.5. The SMILES string of the molecule is CC.CCOC(=O)N1CCC2(CC1)CC(C#Cc1ccc3c(C(C)CCC(=O)NC=O)nn(C)c3c1)C2. The molecule has 0 bridgehead atoms. The van der Waals surface area contributed by atoms with Gasteiger partial charge in [0.2, 0.25) is 12.3 Å². The molecule has 1 saturated heterocycles. The molecule has 0 radical (unpaired) electrons. The van der Waals surface area contributed by atoms with Gasteiger partial charge in [0.15, 0.2) is 0 Å². The standard InChI is InChI=1S/C27H34N4O4.C2H6/c1-4-35-26(34)31-13-11-27(12-14-31)16-21(17-27)7-6-20-8-9-22-23(15-20)30(3)29-25(22)19(2)5-10-24(33)28-18-32;1-2/h8-9,15,18-19,21H,4-5,10-14,16-17H2,1-3H3,(H,28,32,33);1-2H3. The molecule has 3 amide bonds. The number of nitrogens with one attached hydrogen (secondary N) is 1. The molecule has 8 nitrogen and oxygen atoms in total. The number of aromatic nitrogens is 2. The van der Waals surface area contributed by atoms with E-state index in [9.17, 15) is 14.4 Å². The first kappa shape index (κ1) is 28.2. The Hall–Kier alpha value is -3.34. The lowest BCUT2D eigenvalue weighted by atomic mass is 9.58. The molecule has 1 aromatic carbocycles. The molecule has 2 heterocycles. The maximum absolute atomic E-state index is 11.9. The van der Waals surface area contributed by atoms with E-state index in [-0.39, 0.29) is 24.3 Å². The summed E-state index contributed by atoms with van der Waals surface area (Å²) in [5.74, 6) is 7.05. The van der Waals surface area contributed by atoms with E-state index in [0.717, 1.165) is 60.9 Å². The monoisotopic (exact) mass is 508 g/mol. The molecule has 1 aliphatic carbocycles. The minimum absolute atomic E-state index is 0.0921. The van der Waals surface area contributed by atoms with Crippen LogP contribution in [0.1, 0.15) is 83.4 Å². The molecule has 2 fully saturated rings. The van der Waals surface area contributed by atoms with Crippen molar-refractivity contribution in [1.29, 1.82) is 0 Å². The van der Waals surface area contributed by atoms with Gasteiger partial charge in [-0.15, -0.1) is 0 Å². The number of amides is 3. The van der Waals surface area contributed by atoms with Crippen molar-refractivity contribution >= 4 is 29.3 Å². The number of imide groups is 1. The Labute approximate surface area is 220 Å². The Morgan fingerprint density at radius 1 is 1.27 bits per heavy atom. The first-order valence-electron chi connectivity index (χ1n) is 13.5. The third-order valence-corrected chi connectivity index (χ3v) is 7.50. The fourth-order valence-corrected chi connectivity index (χ4v) is 5.41. The molecule has 4 rings (SSSR count). The summed E-state index contributed by atoms with van der Waals surface area (Å²) >= 11 is 0. The summed E-state index contributed by atoms with van der Waals surface area (Å²) in [7, 11) is 1.92. The average Bonchev–Trinajstić information content (AvgIpc) is 3.22. The van der Waals surface area contributed by atoms with Crippen LogP contribution in [0.25, 0.3) is 10.9 Å². The van der Waals surface area contributed by atoms with E-state index in [2.05, 4.69) is 29.3 Å². The predicted octanol–water partition coefficient (Wildman–Crippen LogP) is 4.76. The Balaban J connectivity index is 0.00000186. The van der Waals surface area contributed by atoms with E-state index in [1.54, 1.807) is 0 Å². The van der Waals surface area contributed by atoms with Crippen LogP contribution in [0.3, 0.4) is 0 Å². The smallest absolute Gasteiger partial charge is 0.409 e. The number of carbonyl (C=O) groups excluding carboxylic acids is 3. The lowest BCUT2D eigenvalue weighted by molar-refractivity contribution is -0.125. The molecule has 37 heavy (non-hydrogen) atoms. The molecular formula is C29H40N4O4. The summed E-state index contributed by atoms with van der Waals surface area (Å²) in [6.07, 6.45) is 5.40. The molecule has 1 spiro atoms. The zero-order valence-corrected chi connectivity index (χ0v) is 22.8. The number of piperidine rings is 1.